The van der Waals surface area contributed by atoms with Crippen LogP contribution in [0.2, 0.25) is 0 Å². The molecule has 0 aliphatic carbocycles. The Balaban J connectivity index is 1.47. The lowest BCUT2D eigenvalue weighted by molar-refractivity contribution is -0.123. The molecule has 1 atom stereocenters. The largest absolute Gasteiger partial charge is 0.361 e. The molecule has 2 heterocycles. The number of benzene rings is 3. The third kappa shape index (κ3) is 4.42. The molecule has 0 saturated heterocycles. The highest BCUT2D eigenvalue weighted by Crippen LogP contribution is 2.21. The van der Waals surface area contributed by atoms with Gasteiger partial charge < -0.3 is 10.3 Å². The Morgan fingerprint density at radius 3 is 2.37 bits per heavy atom. The standard InChI is InChI=1S/C26H20N6O3/c33-24(16-8-2-1-3-9-16)29-23(22-19-11-4-5-12-20(19)25(34)32-30-22)26(35)31-28-15-17-14-27-21-13-7-6-10-18(17)21/h1-15,23,27H,(H,29,33)(H,31,35)(H,32,34). The maximum absolute atomic E-state index is 13.3. The highest BCUT2D eigenvalue weighted by Gasteiger charge is 2.27. The summed E-state index contributed by atoms with van der Waals surface area (Å²) < 4.78 is 0. The van der Waals surface area contributed by atoms with Crippen molar-refractivity contribution in [2.24, 2.45) is 5.10 Å². The summed E-state index contributed by atoms with van der Waals surface area (Å²) in [5.74, 6) is -1.08. The molecule has 1 unspecified atom stereocenters. The molecule has 9 heteroatoms. The van der Waals surface area contributed by atoms with Gasteiger partial charge in [0.2, 0.25) is 0 Å². The number of fused-ring (bicyclic) bond motifs is 2. The predicted octanol–water partition coefficient (Wildman–Crippen LogP) is 3.03. The van der Waals surface area contributed by atoms with Crippen molar-refractivity contribution in [2.75, 3.05) is 0 Å². The summed E-state index contributed by atoms with van der Waals surface area (Å²) in [4.78, 5) is 41.5. The number of aromatic nitrogens is 3. The Morgan fingerprint density at radius 1 is 0.886 bits per heavy atom. The van der Waals surface area contributed by atoms with Crippen LogP contribution < -0.4 is 16.3 Å². The van der Waals surface area contributed by atoms with Crippen molar-refractivity contribution in [1.82, 2.24) is 25.9 Å². The van der Waals surface area contributed by atoms with Crippen molar-refractivity contribution in [3.05, 3.63) is 112 Å². The number of hydrazone groups is 1. The van der Waals surface area contributed by atoms with Crippen molar-refractivity contribution >= 4 is 39.7 Å². The van der Waals surface area contributed by atoms with Crippen LogP contribution in [0.4, 0.5) is 0 Å². The molecular formula is C26H20N6O3. The minimum absolute atomic E-state index is 0.198. The summed E-state index contributed by atoms with van der Waals surface area (Å²) >= 11 is 0. The number of amides is 2. The van der Waals surface area contributed by atoms with Crippen LogP contribution in [0.3, 0.4) is 0 Å². The molecule has 0 saturated carbocycles. The number of nitrogens with one attached hydrogen (secondary N) is 4. The molecule has 0 fully saturated rings. The number of hydrogen-bond acceptors (Lipinski definition) is 5. The van der Waals surface area contributed by atoms with Crippen LogP contribution in [0.1, 0.15) is 27.7 Å². The smallest absolute Gasteiger partial charge is 0.272 e. The summed E-state index contributed by atoms with van der Waals surface area (Å²) in [7, 11) is 0. The van der Waals surface area contributed by atoms with Gasteiger partial charge in [0.25, 0.3) is 17.4 Å². The van der Waals surface area contributed by atoms with Gasteiger partial charge in [0, 0.05) is 33.6 Å². The Bertz CT molecular complexity index is 1620. The quantitative estimate of drug-likeness (QED) is 0.227. The summed E-state index contributed by atoms with van der Waals surface area (Å²) in [5.41, 5.74) is 4.40. The van der Waals surface area contributed by atoms with Gasteiger partial charge in [0.1, 0.15) is 5.69 Å². The molecule has 5 rings (SSSR count). The van der Waals surface area contributed by atoms with Crippen molar-refractivity contribution < 1.29 is 9.59 Å². The van der Waals surface area contributed by atoms with E-state index in [-0.39, 0.29) is 5.69 Å². The van der Waals surface area contributed by atoms with E-state index in [0.29, 0.717) is 16.3 Å². The minimum atomic E-state index is -1.22. The third-order valence-electron chi connectivity index (χ3n) is 5.57. The number of H-pyrrole nitrogens is 2. The summed E-state index contributed by atoms with van der Waals surface area (Å²) in [6.45, 7) is 0. The first kappa shape index (κ1) is 21.8. The molecule has 0 spiro atoms. The fraction of sp³-hybridized carbons (Fsp3) is 0.0385. The second-order valence-electron chi connectivity index (χ2n) is 7.78. The lowest BCUT2D eigenvalue weighted by Gasteiger charge is -2.18. The van der Waals surface area contributed by atoms with Crippen LogP contribution in [-0.4, -0.2) is 33.2 Å². The van der Waals surface area contributed by atoms with Gasteiger partial charge >= 0.3 is 0 Å². The number of rotatable bonds is 6. The van der Waals surface area contributed by atoms with Crippen LogP contribution in [-0.2, 0) is 4.79 Å². The van der Waals surface area contributed by atoms with Gasteiger partial charge in [-0.15, -0.1) is 0 Å². The molecule has 0 radical (unpaired) electrons. The van der Waals surface area contributed by atoms with Crippen molar-refractivity contribution in [3.63, 3.8) is 0 Å². The molecule has 35 heavy (non-hydrogen) atoms. The van der Waals surface area contributed by atoms with Crippen molar-refractivity contribution in [2.45, 2.75) is 6.04 Å². The van der Waals surface area contributed by atoms with Crippen LogP contribution in [0, 0.1) is 0 Å². The average molecular weight is 464 g/mol. The maximum Gasteiger partial charge on any atom is 0.272 e. The third-order valence-corrected chi connectivity index (χ3v) is 5.57. The molecular weight excluding hydrogens is 444 g/mol. The van der Waals surface area contributed by atoms with E-state index in [1.807, 2.05) is 24.3 Å². The van der Waals surface area contributed by atoms with E-state index in [1.165, 1.54) is 6.21 Å². The zero-order valence-electron chi connectivity index (χ0n) is 18.4. The van der Waals surface area contributed by atoms with E-state index in [9.17, 15) is 14.4 Å². The maximum atomic E-state index is 13.3. The number of para-hydroxylation sites is 1. The van der Waals surface area contributed by atoms with Gasteiger partial charge in [0.05, 0.1) is 11.6 Å². The topological polar surface area (TPSA) is 132 Å². The fourth-order valence-electron chi connectivity index (χ4n) is 3.85. The Kier molecular flexibility index (Phi) is 5.87. The second-order valence-corrected chi connectivity index (χ2v) is 7.78. The second kappa shape index (κ2) is 9.44. The molecule has 4 N–H and O–H groups in total. The minimum Gasteiger partial charge on any atom is -0.361 e. The molecule has 0 bridgehead atoms. The first-order chi connectivity index (χ1) is 17.1. The SMILES string of the molecule is O=C(NC(C(=O)NN=Cc1c[nH]c2ccccc12)c1n[nH]c(=O)c2ccccc12)c1ccccc1. The summed E-state index contributed by atoms with van der Waals surface area (Å²) in [6.07, 6.45) is 3.30. The highest BCUT2D eigenvalue weighted by molar-refractivity contribution is 6.01. The van der Waals surface area contributed by atoms with E-state index in [1.54, 1.807) is 60.8 Å². The van der Waals surface area contributed by atoms with Crippen LogP contribution in [0.25, 0.3) is 21.7 Å². The first-order valence-corrected chi connectivity index (χ1v) is 10.8. The average Bonchev–Trinajstić information content (AvgIpc) is 3.31. The van der Waals surface area contributed by atoms with E-state index in [0.717, 1.165) is 16.5 Å². The zero-order chi connectivity index (χ0) is 24.2. The first-order valence-electron chi connectivity index (χ1n) is 10.8. The van der Waals surface area contributed by atoms with Gasteiger partial charge in [-0.1, -0.05) is 54.6 Å². The normalized spacial score (nSPS) is 12.1. The monoisotopic (exact) mass is 464 g/mol. The molecule has 5 aromatic rings. The number of carbonyl (C=O) groups is 2. The van der Waals surface area contributed by atoms with E-state index < -0.39 is 23.4 Å². The summed E-state index contributed by atoms with van der Waals surface area (Å²) in [6, 6.07) is 21.8. The molecule has 2 amide bonds. The molecule has 172 valence electrons. The number of hydrogen-bond donors (Lipinski definition) is 4. The van der Waals surface area contributed by atoms with Crippen LogP contribution in [0.15, 0.2) is 95.0 Å². The van der Waals surface area contributed by atoms with Gasteiger partial charge in [-0.25, -0.2) is 10.5 Å². The van der Waals surface area contributed by atoms with Crippen molar-refractivity contribution in [3.8, 4) is 0 Å². The molecule has 0 aliphatic rings. The molecule has 3 aromatic carbocycles. The number of nitrogens with zero attached hydrogens (tertiary/aromatic N) is 2. The molecule has 2 aromatic heterocycles. The van der Waals surface area contributed by atoms with Gasteiger partial charge in [-0.05, 0) is 24.3 Å². The lowest BCUT2D eigenvalue weighted by atomic mass is 10.0. The van der Waals surface area contributed by atoms with E-state index in [2.05, 4.69) is 31.0 Å². The van der Waals surface area contributed by atoms with E-state index >= 15 is 0 Å². The Hall–Kier alpha value is -5.05. The van der Waals surface area contributed by atoms with Crippen LogP contribution >= 0.6 is 0 Å². The fourth-order valence-corrected chi connectivity index (χ4v) is 3.85. The predicted molar refractivity (Wildman–Crippen MR) is 133 cm³/mol. The van der Waals surface area contributed by atoms with Crippen molar-refractivity contribution in [1.29, 1.82) is 0 Å². The Morgan fingerprint density at radius 2 is 1.57 bits per heavy atom. The van der Waals surface area contributed by atoms with Gasteiger partial charge in [-0.2, -0.15) is 10.2 Å². The Labute approximate surface area is 198 Å². The van der Waals surface area contributed by atoms with Gasteiger partial charge in [0.15, 0.2) is 6.04 Å². The molecule has 9 nitrogen and oxygen atoms in total. The zero-order valence-corrected chi connectivity index (χ0v) is 18.4. The lowest BCUT2D eigenvalue weighted by Crippen LogP contribution is -2.40. The number of carbonyl (C=O) groups excluding carboxylic acids is 2. The molecule has 0 aliphatic heterocycles. The number of aromatic amines is 2. The van der Waals surface area contributed by atoms with E-state index in [4.69, 9.17) is 0 Å². The highest BCUT2D eigenvalue weighted by atomic mass is 16.2. The summed E-state index contributed by atoms with van der Waals surface area (Å²) in [5, 5.41) is 15.1. The van der Waals surface area contributed by atoms with Crippen LogP contribution in [0.5, 0.6) is 0 Å². The van der Waals surface area contributed by atoms with Gasteiger partial charge in [-0.3, -0.25) is 14.4 Å².